The lowest BCUT2D eigenvalue weighted by atomic mass is 9.65. The Morgan fingerprint density at radius 3 is 2.36 bits per heavy atom. The van der Waals surface area contributed by atoms with Crippen LogP contribution in [0.2, 0.25) is 0 Å². The van der Waals surface area contributed by atoms with Crippen LogP contribution in [0.4, 0.5) is 0 Å². The van der Waals surface area contributed by atoms with E-state index in [2.05, 4.69) is 55.5 Å². The van der Waals surface area contributed by atoms with Gasteiger partial charge in [0.25, 0.3) is 0 Å². The molecule has 6 nitrogen and oxygen atoms in total. The molecule has 1 fully saturated rings. The van der Waals surface area contributed by atoms with Crippen molar-refractivity contribution in [1.29, 1.82) is 0 Å². The number of carbonyl (C=O) groups is 1. The van der Waals surface area contributed by atoms with E-state index in [1.807, 2.05) is 0 Å². The Labute approximate surface area is 211 Å². The van der Waals surface area contributed by atoms with Crippen molar-refractivity contribution < 1.29 is 21.2 Å². The first-order chi connectivity index (χ1) is 13.8. The zero-order valence-electron chi connectivity index (χ0n) is 20.1. The Bertz CT molecular complexity index is 642. The molecule has 2 aliphatic carbocycles. The third kappa shape index (κ3) is 9.19. The summed E-state index contributed by atoms with van der Waals surface area (Å²) in [5.74, 6) is 1.96. The Morgan fingerprint density at radius 2 is 1.85 bits per heavy atom. The van der Waals surface area contributed by atoms with Gasteiger partial charge in [-0.3, -0.25) is 9.52 Å². The number of piperidine rings is 1. The first-order valence-electron chi connectivity index (χ1n) is 11.5. The predicted octanol–water partition coefficient (Wildman–Crippen LogP) is 4.32. The van der Waals surface area contributed by atoms with Gasteiger partial charge in [0.1, 0.15) is 0 Å². The van der Waals surface area contributed by atoms with Crippen molar-refractivity contribution in [3.63, 3.8) is 0 Å². The van der Waals surface area contributed by atoms with Crippen LogP contribution in [0.15, 0.2) is 23.3 Å². The second-order valence-corrected chi connectivity index (χ2v) is 11.8. The van der Waals surface area contributed by atoms with Crippen molar-refractivity contribution in [3.05, 3.63) is 23.3 Å². The molecule has 1 aliphatic heterocycles. The predicted molar refractivity (Wildman–Crippen MR) is 143 cm³/mol. The summed E-state index contributed by atoms with van der Waals surface area (Å²) in [6, 6.07) is -0.102. The largest absolute Gasteiger partial charge is 0.412 e. The van der Waals surface area contributed by atoms with Crippen molar-refractivity contribution in [2.24, 2.45) is 23.2 Å². The lowest BCUT2D eigenvalue weighted by Gasteiger charge is -2.49. The third-order valence-electron chi connectivity index (χ3n) is 7.10. The maximum Gasteiger partial charge on any atom is 0.240 e. The second-order valence-electron chi connectivity index (χ2n) is 10.2. The Morgan fingerprint density at radius 1 is 1.15 bits per heavy atom. The Balaban J connectivity index is 0. The molecule has 3 rings (SSSR count). The normalized spacial score (nSPS) is 27.2. The van der Waals surface area contributed by atoms with E-state index in [1.54, 1.807) is 11.9 Å². The Kier molecular flexibility index (Phi) is 16.2. The molecule has 0 aromatic carbocycles. The molecule has 4 atom stereocenters. The molecule has 0 saturated carbocycles. The van der Waals surface area contributed by atoms with Gasteiger partial charge in [0.15, 0.2) is 0 Å². The SMILES string of the molecule is C.CC(C)[C@@H](NSC1CC=CCC1)C(=O)N1CC[C@H](C2CC=C(Cl)CC2)C(C)(C)C1.O.O.O. The van der Waals surface area contributed by atoms with E-state index in [0.717, 1.165) is 50.2 Å². The van der Waals surface area contributed by atoms with Crippen LogP contribution in [0.25, 0.3) is 0 Å². The van der Waals surface area contributed by atoms with Crippen LogP contribution in [0, 0.1) is 23.2 Å². The van der Waals surface area contributed by atoms with Crippen LogP contribution in [0.3, 0.4) is 0 Å². The van der Waals surface area contributed by atoms with Gasteiger partial charge >= 0.3 is 0 Å². The number of hydrogen-bond donors (Lipinski definition) is 1. The molecule has 0 aromatic heterocycles. The van der Waals surface area contributed by atoms with Crippen molar-refractivity contribution in [2.75, 3.05) is 13.1 Å². The molecule has 0 radical (unpaired) electrons. The molecular weight excluding hydrogens is 460 g/mol. The van der Waals surface area contributed by atoms with Gasteiger partial charge in [0, 0.05) is 23.4 Å². The zero-order chi connectivity index (χ0) is 21.0. The van der Waals surface area contributed by atoms with Gasteiger partial charge in [-0.2, -0.15) is 0 Å². The lowest BCUT2D eigenvalue weighted by Crippen LogP contribution is -2.55. The number of nitrogens with one attached hydrogen (secondary N) is 1. The summed E-state index contributed by atoms with van der Waals surface area (Å²) in [7, 11) is 0. The maximum atomic E-state index is 13.4. The molecule has 8 heteroatoms. The maximum absolute atomic E-state index is 13.4. The van der Waals surface area contributed by atoms with Crippen LogP contribution in [-0.2, 0) is 4.79 Å². The van der Waals surface area contributed by atoms with Gasteiger partial charge < -0.3 is 21.3 Å². The fourth-order valence-electron chi connectivity index (χ4n) is 5.33. The van der Waals surface area contributed by atoms with Gasteiger partial charge in [-0.25, -0.2) is 0 Å². The average molecular weight is 509 g/mol. The summed E-state index contributed by atoms with van der Waals surface area (Å²) < 4.78 is 3.56. The van der Waals surface area contributed by atoms with Crippen LogP contribution in [0.1, 0.15) is 80.1 Å². The first-order valence-corrected chi connectivity index (χ1v) is 12.7. The van der Waals surface area contributed by atoms with Gasteiger partial charge in [0.05, 0.1) is 6.04 Å². The fraction of sp³-hybridized carbons (Fsp3) is 0.800. The number of allylic oxidation sites excluding steroid dienone is 4. The van der Waals surface area contributed by atoms with Gasteiger partial charge in [0.2, 0.25) is 5.91 Å². The highest BCUT2D eigenvalue weighted by atomic mass is 35.5. The van der Waals surface area contributed by atoms with E-state index >= 15 is 0 Å². The van der Waals surface area contributed by atoms with Crippen LogP contribution in [0.5, 0.6) is 0 Å². The standard InChI is InChI=1S/C24H39ClN2OS.CH4.3H2O/c1-17(2)22(26-29-20-8-6-5-7-9-20)23(28)27-15-14-21(24(3,4)16-27)18-10-12-19(25)13-11-18;;;;/h5-6,12,17-18,20-22,26H,7-11,13-16H2,1-4H3;1H4;3*1H2/t18?,20?,21-,22-;;;;/m1..../s1. The van der Waals surface area contributed by atoms with Gasteiger partial charge in [-0.1, -0.05) is 76.9 Å². The van der Waals surface area contributed by atoms with Gasteiger partial charge in [-0.05, 0) is 68.1 Å². The smallest absolute Gasteiger partial charge is 0.240 e. The summed E-state index contributed by atoms with van der Waals surface area (Å²) in [5.41, 5.74) is 0.152. The third-order valence-corrected chi connectivity index (χ3v) is 8.60. The molecule has 0 spiro atoms. The number of halogens is 1. The summed E-state index contributed by atoms with van der Waals surface area (Å²) in [4.78, 5) is 15.6. The quantitative estimate of drug-likeness (QED) is 0.423. The monoisotopic (exact) mass is 508 g/mol. The number of rotatable bonds is 6. The molecule has 2 unspecified atom stereocenters. The van der Waals surface area contributed by atoms with E-state index in [0.29, 0.717) is 23.0 Å². The topological polar surface area (TPSA) is 127 Å². The molecule has 7 N–H and O–H groups in total. The Hall–Kier alpha value is -0.570. The molecule has 0 aromatic rings. The number of amides is 1. The summed E-state index contributed by atoms with van der Waals surface area (Å²) in [6.45, 7) is 10.8. The number of likely N-dealkylation sites (tertiary alicyclic amines) is 1. The van der Waals surface area contributed by atoms with Crippen LogP contribution < -0.4 is 4.72 Å². The van der Waals surface area contributed by atoms with Crippen LogP contribution >= 0.6 is 23.5 Å². The van der Waals surface area contributed by atoms with E-state index in [9.17, 15) is 4.79 Å². The highest BCUT2D eigenvalue weighted by Gasteiger charge is 2.42. The van der Waals surface area contributed by atoms with E-state index in [-0.39, 0.29) is 41.2 Å². The van der Waals surface area contributed by atoms with E-state index < -0.39 is 0 Å². The first kappa shape index (κ1) is 34.6. The molecule has 0 bridgehead atoms. The molecule has 1 saturated heterocycles. The zero-order valence-corrected chi connectivity index (χ0v) is 21.7. The summed E-state index contributed by atoms with van der Waals surface area (Å²) in [6.07, 6.45) is 14.7. The van der Waals surface area contributed by atoms with Crippen LogP contribution in [-0.4, -0.2) is 51.6 Å². The van der Waals surface area contributed by atoms with Crippen molar-refractivity contribution in [3.8, 4) is 0 Å². The summed E-state index contributed by atoms with van der Waals surface area (Å²) >= 11 is 7.98. The van der Waals surface area contributed by atoms with Crippen molar-refractivity contribution >= 4 is 29.5 Å². The number of carbonyl (C=O) groups excluding carboxylic acids is 1. The lowest BCUT2D eigenvalue weighted by molar-refractivity contribution is -0.139. The molecule has 1 amide bonds. The number of hydrogen-bond acceptors (Lipinski definition) is 3. The highest BCUT2D eigenvalue weighted by Crippen LogP contribution is 2.45. The van der Waals surface area contributed by atoms with Crippen molar-refractivity contribution in [2.45, 2.75) is 91.4 Å². The molecule has 1 heterocycles. The molecular formula is C25H49ClN2O4S. The average Bonchev–Trinajstić information content (AvgIpc) is 2.68. The summed E-state index contributed by atoms with van der Waals surface area (Å²) in [5, 5.41) is 1.62. The van der Waals surface area contributed by atoms with Crippen molar-refractivity contribution in [1.82, 2.24) is 9.62 Å². The highest BCUT2D eigenvalue weighted by molar-refractivity contribution is 7.98. The fourth-order valence-corrected chi connectivity index (χ4v) is 6.71. The van der Waals surface area contributed by atoms with E-state index in [4.69, 9.17) is 11.6 Å². The minimum atomic E-state index is -0.102. The molecule has 196 valence electrons. The van der Waals surface area contributed by atoms with Gasteiger partial charge in [-0.15, -0.1) is 0 Å². The molecule has 33 heavy (non-hydrogen) atoms. The van der Waals surface area contributed by atoms with E-state index in [1.165, 1.54) is 12.8 Å². The minimum absolute atomic E-state index is 0. The minimum Gasteiger partial charge on any atom is -0.412 e. The number of nitrogens with zero attached hydrogens (tertiary/aromatic N) is 1. The second kappa shape index (κ2) is 15.4. The molecule has 3 aliphatic rings.